The van der Waals surface area contributed by atoms with Crippen molar-refractivity contribution in [1.29, 1.82) is 0 Å². The third-order valence-electron chi connectivity index (χ3n) is 13.1. The normalized spacial score (nSPS) is 56.7. The average Bonchev–Trinajstić information content (AvgIpc) is 3.38. The van der Waals surface area contributed by atoms with Crippen LogP contribution in [0.2, 0.25) is 0 Å². The molecule has 0 amide bonds. The Morgan fingerprint density at radius 3 is 2.31 bits per heavy atom. The molecule has 0 bridgehead atoms. The molecule has 5 heteroatoms. The standard InChI is InChI=1S/C30H48O5/c1-17(2)8-7-11-29(25(34)35)16-30(29)22-14-21(32)24-26(4)12-10-20(31)18(3)19(26)9-13-27(24,5)28(22,6)15-23(30)33/h8,18-24,31-33H,7,9-16H2,1-6H3,(H,34,35)/t18?,19?,20?,21?,22?,23?,24?,26-,27?,28-,29?,30?/m0/s1. The van der Waals surface area contributed by atoms with Gasteiger partial charge in [-0.15, -0.1) is 0 Å². The maximum atomic E-state index is 12.8. The first-order chi connectivity index (χ1) is 16.2. The Labute approximate surface area is 211 Å². The molecule has 0 aromatic carbocycles. The van der Waals surface area contributed by atoms with Gasteiger partial charge in [-0.05, 0) is 112 Å². The van der Waals surface area contributed by atoms with Gasteiger partial charge in [0.15, 0.2) is 0 Å². The number of hydrogen-bond donors (Lipinski definition) is 4. The van der Waals surface area contributed by atoms with E-state index in [-0.39, 0.29) is 40.1 Å². The van der Waals surface area contributed by atoms with Gasteiger partial charge < -0.3 is 20.4 Å². The minimum Gasteiger partial charge on any atom is -0.481 e. The number of carboxylic acid groups (broad SMARTS) is 1. The van der Waals surface area contributed by atoms with Crippen molar-refractivity contribution >= 4 is 5.97 Å². The van der Waals surface area contributed by atoms with Crippen LogP contribution in [0, 0.1) is 50.7 Å². The van der Waals surface area contributed by atoms with Gasteiger partial charge in [0.25, 0.3) is 0 Å². The second-order valence-electron chi connectivity index (χ2n) is 14.4. The van der Waals surface area contributed by atoms with Crippen LogP contribution in [0.5, 0.6) is 0 Å². The molecule has 0 aromatic heterocycles. The third kappa shape index (κ3) is 3.01. The summed E-state index contributed by atoms with van der Waals surface area (Å²) in [6, 6.07) is 0. The molecule has 35 heavy (non-hydrogen) atoms. The zero-order chi connectivity index (χ0) is 25.8. The number of aliphatic hydroxyl groups is 3. The van der Waals surface area contributed by atoms with Crippen LogP contribution >= 0.6 is 0 Å². The number of carbonyl (C=O) groups is 1. The van der Waals surface area contributed by atoms with Crippen molar-refractivity contribution < 1.29 is 25.2 Å². The van der Waals surface area contributed by atoms with E-state index in [1.807, 2.05) is 13.8 Å². The van der Waals surface area contributed by atoms with Gasteiger partial charge in [-0.3, -0.25) is 4.79 Å². The van der Waals surface area contributed by atoms with Crippen LogP contribution in [0.4, 0.5) is 0 Å². The number of allylic oxidation sites excluding steroid dienone is 2. The molecule has 1 spiro atoms. The molecule has 4 N–H and O–H groups in total. The molecular weight excluding hydrogens is 440 g/mol. The van der Waals surface area contributed by atoms with Crippen LogP contribution in [-0.4, -0.2) is 44.7 Å². The molecule has 0 heterocycles. The van der Waals surface area contributed by atoms with Crippen molar-refractivity contribution in [2.45, 2.75) is 118 Å². The SMILES string of the molecule is CC(C)=CCCC1(C(=O)O)CC12C(O)C[C@@]1(C)C2CC(O)C2C1(C)CCC1C(C)C(O)CC[C@@]12C. The highest BCUT2D eigenvalue weighted by Gasteiger charge is 2.85. The summed E-state index contributed by atoms with van der Waals surface area (Å²) in [5.41, 5.74) is -0.759. The first-order valence-corrected chi connectivity index (χ1v) is 14.1. The Bertz CT molecular complexity index is 926. The zero-order valence-electron chi connectivity index (χ0n) is 22.7. The summed E-state index contributed by atoms with van der Waals surface area (Å²) in [5.74, 6) is -0.0283. The summed E-state index contributed by atoms with van der Waals surface area (Å²) in [5, 5.41) is 44.7. The second kappa shape index (κ2) is 7.80. The smallest absolute Gasteiger partial charge is 0.310 e. The lowest BCUT2D eigenvalue weighted by Gasteiger charge is -2.69. The fraction of sp³-hybridized carbons (Fsp3) is 0.900. The lowest BCUT2D eigenvalue weighted by molar-refractivity contribution is -0.241. The van der Waals surface area contributed by atoms with Crippen LogP contribution in [0.1, 0.15) is 99.3 Å². The van der Waals surface area contributed by atoms with Crippen LogP contribution in [0.3, 0.4) is 0 Å². The van der Waals surface area contributed by atoms with Crippen molar-refractivity contribution in [3.05, 3.63) is 11.6 Å². The van der Waals surface area contributed by atoms with E-state index in [0.717, 1.165) is 32.1 Å². The first-order valence-electron chi connectivity index (χ1n) is 14.1. The molecular formula is C30H48O5. The van der Waals surface area contributed by atoms with E-state index in [1.165, 1.54) is 5.57 Å². The average molecular weight is 489 g/mol. The number of fused-ring (bicyclic) bond motifs is 6. The minimum absolute atomic E-state index is 0.0100. The third-order valence-corrected chi connectivity index (χ3v) is 13.1. The Hall–Kier alpha value is -0.910. The molecule has 0 saturated heterocycles. The van der Waals surface area contributed by atoms with Gasteiger partial charge in [0.1, 0.15) is 0 Å². The highest BCUT2D eigenvalue weighted by atomic mass is 16.4. The van der Waals surface area contributed by atoms with E-state index in [4.69, 9.17) is 0 Å². The lowest BCUT2D eigenvalue weighted by Crippen LogP contribution is -2.66. The van der Waals surface area contributed by atoms with E-state index in [9.17, 15) is 25.2 Å². The van der Waals surface area contributed by atoms with Crippen molar-refractivity contribution in [2.75, 3.05) is 0 Å². The number of hydrogen-bond acceptors (Lipinski definition) is 4. The number of aliphatic carboxylic acids is 1. The van der Waals surface area contributed by atoms with Crippen LogP contribution in [0.25, 0.3) is 0 Å². The summed E-state index contributed by atoms with van der Waals surface area (Å²) in [7, 11) is 0. The monoisotopic (exact) mass is 488 g/mol. The Morgan fingerprint density at radius 2 is 1.69 bits per heavy atom. The summed E-state index contributed by atoms with van der Waals surface area (Å²) in [6.07, 6.45) is 7.46. The molecule has 5 nitrogen and oxygen atoms in total. The first kappa shape index (κ1) is 25.7. The van der Waals surface area contributed by atoms with E-state index in [0.29, 0.717) is 31.6 Å². The predicted octanol–water partition coefficient (Wildman–Crippen LogP) is 5.18. The number of carboxylic acids is 1. The predicted molar refractivity (Wildman–Crippen MR) is 135 cm³/mol. The van der Waals surface area contributed by atoms with Gasteiger partial charge in [-0.25, -0.2) is 0 Å². The second-order valence-corrected chi connectivity index (χ2v) is 14.4. The number of aliphatic hydroxyl groups excluding tert-OH is 3. The molecule has 198 valence electrons. The van der Waals surface area contributed by atoms with Crippen molar-refractivity contribution in [1.82, 2.24) is 0 Å². The molecule has 0 aliphatic heterocycles. The summed E-state index contributed by atoms with van der Waals surface area (Å²) in [6.45, 7) is 13.3. The van der Waals surface area contributed by atoms with Gasteiger partial charge in [0.05, 0.1) is 23.7 Å². The topological polar surface area (TPSA) is 98.0 Å². The Kier molecular flexibility index (Phi) is 5.73. The molecule has 10 unspecified atom stereocenters. The number of rotatable bonds is 4. The molecule has 0 aromatic rings. The molecule has 5 rings (SSSR count). The molecule has 12 atom stereocenters. The molecule has 5 fully saturated rings. The van der Waals surface area contributed by atoms with Crippen molar-refractivity contribution in [3.63, 3.8) is 0 Å². The van der Waals surface area contributed by atoms with Crippen LogP contribution in [-0.2, 0) is 4.79 Å². The quantitative estimate of drug-likeness (QED) is 0.409. The zero-order valence-corrected chi connectivity index (χ0v) is 22.7. The van der Waals surface area contributed by atoms with E-state index < -0.39 is 29.0 Å². The highest BCUT2D eigenvalue weighted by molar-refractivity contribution is 5.81. The van der Waals surface area contributed by atoms with E-state index in [2.05, 4.69) is 33.8 Å². The highest BCUT2D eigenvalue weighted by Crippen LogP contribution is 2.85. The maximum absolute atomic E-state index is 12.8. The Morgan fingerprint density at radius 1 is 1.00 bits per heavy atom. The van der Waals surface area contributed by atoms with Crippen molar-refractivity contribution in [3.8, 4) is 0 Å². The van der Waals surface area contributed by atoms with Crippen molar-refractivity contribution in [2.24, 2.45) is 50.7 Å². The Balaban J connectivity index is 1.54. The lowest BCUT2D eigenvalue weighted by atomic mass is 9.36. The van der Waals surface area contributed by atoms with Gasteiger partial charge in [-0.1, -0.05) is 39.3 Å². The fourth-order valence-corrected chi connectivity index (χ4v) is 11.3. The van der Waals surface area contributed by atoms with Gasteiger partial charge >= 0.3 is 5.97 Å². The van der Waals surface area contributed by atoms with Crippen LogP contribution < -0.4 is 0 Å². The van der Waals surface area contributed by atoms with Crippen LogP contribution in [0.15, 0.2) is 11.6 Å². The molecule has 5 aliphatic carbocycles. The van der Waals surface area contributed by atoms with E-state index >= 15 is 0 Å². The largest absolute Gasteiger partial charge is 0.481 e. The minimum atomic E-state index is -0.895. The van der Waals surface area contributed by atoms with E-state index in [1.54, 1.807) is 0 Å². The molecule has 0 radical (unpaired) electrons. The summed E-state index contributed by atoms with van der Waals surface area (Å²) < 4.78 is 0. The fourth-order valence-electron chi connectivity index (χ4n) is 11.3. The van der Waals surface area contributed by atoms with Gasteiger partial charge in [0, 0.05) is 5.41 Å². The summed E-state index contributed by atoms with van der Waals surface area (Å²) >= 11 is 0. The van der Waals surface area contributed by atoms with Gasteiger partial charge in [0.2, 0.25) is 0 Å². The van der Waals surface area contributed by atoms with Gasteiger partial charge in [-0.2, -0.15) is 0 Å². The molecule has 5 saturated carbocycles. The summed E-state index contributed by atoms with van der Waals surface area (Å²) in [4.78, 5) is 12.8. The maximum Gasteiger partial charge on any atom is 0.310 e. The molecule has 5 aliphatic rings.